The van der Waals surface area contributed by atoms with E-state index in [1.54, 1.807) is 42.5 Å². The van der Waals surface area contributed by atoms with Crippen LogP contribution in [0, 0.1) is 0 Å². The maximum absolute atomic E-state index is 12.1. The molecule has 0 heterocycles. The van der Waals surface area contributed by atoms with E-state index in [-0.39, 0.29) is 4.90 Å². The zero-order chi connectivity index (χ0) is 19.9. The first kappa shape index (κ1) is 20.9. The molecule has 2 rings (SSSR count). The van der Waals surface area contributed by atoms with Gasteiger partial charge in [-0.15, -0.1) is 0 Å². The van der Waals surface area contributed by atoms with Gasteiger partial charge in [0.1, 0.15) is 5.60 Å². The minimum absolute atomic E-state index is 0.266. The predicted molar refractivity (Wildman–Crippen MR) is 106 cm³/mol. The number of sulfonamides is 1. The van der Waals surface area contributed by atoms with Crippen molar-refractivity contribution in [3.8, 4) is 0 Å². The SMILES string of the molecule is CC(C)(C)OC(=O)Nc1ccc(CCCNS(=O)(=O)c2ccccc2)cc1. The molecule has 0 spiro atoms. The molecule has 0 aromatic heterocycles. The number of ether oxygens (including phenoxy) is 1. The van der Waals surface area contributed by atoms with E-state index < -0.39 is 21.7 Å². The Morgan fingerprint density at radius 1 is 1.00 bits per heavy atom. The van der Waals surface area contributed by atoms with Crippen molar-refractivity contribution in [2.24, 2.45) is 0 Å². The van der Waals surface area contributed by atoms with Gasteiger partial charge >= 0.3 is 6.09 Å². The number of rotatable bonds is 7. The van der Waals surface area contributed by atoms with Crippen LogP contribution in [-0.2, 0) is 21.2 Å². The third-order valence-electron chi connectivity index (χ3n) is 3.59. The van der Waals surface area contributed by atoms with Gasteiger partial charge in [0.25, 0.3) is 0 Å². The molecular formula is C20H26N2O4S. The number of nitrogens with one attached hydrogen (secondary N) is 2. The number of aryl methyl sites for hydroxylation is 1. The summed E-state index contributed by atoms with van der Waals surface area (Å²) in [5.74, 6) is 0. The minimum atomic E-state index is -3.46. The number of anilines is 1. The molecule has 0 aliphatic heterocycles. The van der Waals surface area contributed by atoms with E-state index in [2.05, 4.69) is 10.0 Å². The normalized spacial score (nSPS) is 11.8. The van der Waals surface area contributed by atoms with Crippen molar-refractivity contribution in [2.45, 2.75) is 44.1 Å². The molecule has 0 saturated carbocycles. The summed E-state index contributed by atoms with van der Waals surface area (Å²) >= 11 is 0. The van der Waals surface area contributed by atoms with Gasteiger partial charge in [0, 0.05) is 12.2 Å². The second-order valence-electron chi connectivity index (χ2n) is 7.14. The fourth-order valence-corrected chi connectivity index (χ4v) is 3.45. The third-order valence-corrected chi connectivity index (χ3v) is 5.06. The summed E-state index contributed by atoms with van der Waals surface area (Å²) in [6, 6.07) is 15.7. The van der Waals surface area contributed by atoms with Crippen LogP contribution in [0.1, 0.15) is 32.8 Å². The molecule has 2 N–H and O–H groups in total. The van der Waals surface area contributed by atoms with Crippen LogP contribution >= 0.6 is 0 Å². The van der Waals surface area contributed by atoms with Crippen LogP contribution in [0.2, 0.25) is 0 Å². The molecule has 146 valence electrons. The van der Waals surface area contributed by atoms with Crippen molar-refractivity contribution >= 4 is 21.8 Å². The molecule has 0 radical (unpaired) electrons. The van der Waals surface area contributed by atoms with Crippen LogP contribution in [0.15, 0.2) is 59.5 Å². The Labute approximate surface area is 161 Å². The maximum Gasteiger partial charge on any atom is 0.412 e. The lowest BCUT2D eigenvalue weighted by Gasteiger charge is -2.19. The molecule has 0 saturated heterocycles. The zero-order valence-corrected chi connectivity index (χ0v) is 16.7. The second kappa shape index (κ2) is 9.01. The van der Waals surface area contributed by atoms with Gasteiger partial charge in [0.05, 0.1) is 4.90 Å². The smallest absolute Gasteiger partial charge is 0.412 e. The van der Waals surface area contributed by atoms with Crippen molar-refractivity contribution in [3.63, 3.8) is 0 Å². The van der Waals surface area contributed by atoms with Crippen LogP contribution in [0.3, 0.4) is 0 Å². The summed E-state index contributed by atoms with van der Waals surface area (Å²) in [6.45, 7) is 5.78. The number of amides is 1. The highest BCUT2D eigenvalue weighted by atomic mass is 32.2. The van der Waals surface area contributed by atoms with E-state index >= 15 is 0 Å². The molecule has 0 unspecified atom stereocenters. The van der Waals surface area contributed by atoms with Crippen molar-refractivity contribution in [1.82, 2.24) is 4.72 Å². The van der Waals surface area contributed by atoms with E-state index in [4.69, 9.17) is 4.74 Å². The highest BCUT2D eigenvalue weighted by molar-refractivity contribution is 7.89. The summed E-state index contributed by atoms with van der Waals surface area (Å²) in [5, 5.41) is 2.68. The van der Waals surface area contributed by atoms with Gasteiger partial charge in [-0.05, 0) is 63.4 Å². The fraction of sp³-hybridized carbons (Fsp3) is 0.350. The number of carbonyl (C=O) groups excluding carboxylic acids is 1. The fourth-order valence-electron chi connectivity index (χ4n) is 2.36. The van der Waals surface area contributed by atoms with Crippen LogP contribution in [-0.4, -0.2) is 26.7 Å². The molecule has 0 fully saturated rings. The molecule has 0 bridgehead atoms. The largest absolute Gasteiger partial charge is 0.444 e. The Bertz CT molecular complexity index is 842. The first-order chi connectivity index (χ1) is 12.7. The molecule has 27 heavy (non-hydrogen) atoms. The van der Waals surface area contributed by atoms with Crippen LogP contribution in [0.25, 0.3) is 0 Å². The highest BCUT2D eigenvalue weighted by Gasteiger charge is 2.16. The molecule has 0 aliphatic carbocycles. The van der Waals surface area contributed by atoms with E-state index in [0.717, 1.165) is 12.0 Å². The Morgan fingerprint density at radius 3 is 2.22 bits per heavy atom. The summed E-state index contributed by atoms with van der Waals surface area (Å²) in [5.41, 5.74) is 1.17. The maximum atomic E-state index is 12.1. The average molecular weight is 391 g/mol. The molecule has 2 aromatic carbocycles. The first-order valence-corrected chi connectivity index (χ1v) is 10.3. The summed E-state index contributed by atoms with van der Waals surface area (Å²) < 4.78 is 32.1. The molecule has 0 atom stereocenters. The predicted octanol–water partition coefficient (Wildman–Crippen LogP) is 3.94. The number of hydrogen-bond donors (Lipinski definition) is 2. The molecule has 0 aliphatic rings. The average Bonchev–Trinajstić information content (AvgIpc) is 2.59. The van der Waals surface area contributed by atoms with Gasteiger partial charge in [0.15, 0.2) is 0 Å². The van der Waals surface area contributed by atoms with Crippen LogP contribution in [0.4, 0.5) is 10.5 Å². The lowest BCUT2D eigenvalue weighted by Crippen LogP contribution is -2.27. The van der Waals surface area contributed by atoms with E-state index in [1.807, 2.05) is 32.9 Å². The van der Waals surface area contributed by atoms with Gasteiger partial charge < -0.3 is 4.74 Å². The molecule has 7 heteroatoms. The van der Waals surface area contributed by atoms with E-state index in [9.17, 15) is 13.2 Å². The quantitative estimate of drug-likeness (QED) is 0.701. The summed E-state index contributed by atoms with van der Waals surface area (Å²) in [6.07, 6.45) is 0.903. The number of hydrogen-bond acceptors (Lipinski definition) is 4. The van der Waals surface area contributed by atoms with Gasteiger partial charge in [0.2, 0.25) is 10.0 Å². The van der Waals surface area contributed by atoms with Gasteiger partial charge in [-0.25, -0.2) is 17.9 Å². The van der Waals surface area contributed by atoms with Crippen molar-refractivity contribution in [1.29, 1.82) is 0 Å². The topological polar surface area (TPSA) is 84.5 Å². The zero-order valence-electron chi connectivity index (χ0n) is 15.9. The van der Waals surface area contributed by atoms with Crippen molar-refractivity contribution in [3.05, 3.63) is 60.2 Å². The van der Waals surface area contributed by atoms with Gasteiger partial charge in [-0.2, -0.15) is 0 Å². The molecule has 2 aromatic rings. The van der Waals surface area contributed by atoms with Crippen molar-refractivity contribution < 1.29 is 17.9 Å². The second-order valence-corrected chi connectivity index (χ2v) is 8.91. The Balaban J connectivity index is 1.78. The lowest BCUT2D eigenvalue weighted by atomic mass is 10.1. The molecule has 6 nitrogen and oxygen atoms in total. The monoisotopic (exact) mass is 390 g/mol. The number of carbonyl (C=O) groups is 1. The Kier molecular flexibility index (Phi) is 6.98. The lowest BCUT2D eigenvalue weighted by molar-refractivity contribution is 0.0636. The van der Waals surface area contributed by atoms with Gasteiger partial charge in [-0.3, -0.25) is 5.32 Å². The first-order valence-electron chi connectivity index (χ1n) is 8.79. The molecular weight excluding hydrogens is 364 g/mol. The van der Waals surface area contributed by atoms with E-state index in [0.29, 0.717) is 18.7 Å². The minimum Gasteiger partial charge on any atom is -0.444 e. The Morgan fingerprint density at radius 2 is 1.63 bits per heavy atom. The third kappa shape index (κ3) is 7.40. The standard InChI is InChI=1S/C20H26N2O4S/c1-20(2,3)26-19(23)22-17-13-11-16(12-14-17)8-7-15-21-27(24,25)18-9-5-4-6-10-18/h4-6,9-14,21H,7-8,15H2,1-3H3,(H,22,23). The number of benzene rings is 2. The van der Waals surface area contributed by atoms with Crippen LogP contribution < -0.4 is 10.0 Å². The summed E-state index contributed by atoms with van der Waals surface area (Å²) in [7, 11) is -3.46. The Hall–Kier alpha value is -2.38. The van der Waals surface area contributed by atoms with Gasteiger partial charge in [-0.1, -0.05) is 30.3 Å². The van der Waals surface area contributed by atoms with Crippen molar-refractivity contribution in [2.75, 3.05) is 11.9 Å². The van der Waals surface area contributed by atoms with E-state index in [1.165, 1.54) is 0 Å². The summed E-state index contributed by atoms with van der Waals surface area (Å²) in [4.78, 5) is 12.0. The molecule has 1 amide bonds. The highest BCUT2D eigenvalue weighted by Crippen LogP contribution is 2.14. The van der Waals surface area contributed by atoms with Crippen LogP contribution in [0.5, 0.6) is 0 Å².